The second kappa shape index (κ2) is 10.7. The Morgan fingerprint density at radius 2 is 1.53 bits per heavy atom. The molecule has 0 spiro atoms. The second-order valence-corrected chi connectivity index (χ2v) is 12.5. The van der Waals surface area contributed by atoms with Gasteiger partial charge in [0.05, 0.1) is 12.8 Å². The van der Waals surface area contributed by atoms with Crippen molar-refractivity contribution in [1.29, 1.82) is 0 Å². The molecule has 3 aromatic rings. The van der Waals surface area contributed by atoms with E-state index in [1.54, 1.807) is 30.3 Å². The number of carbonyl (C=O) groups is 3. The third-order valence-electron chi connectivity index (χ3n) is 9.68. The van der Waals surface area contributed by atoms with Gasteiger partial charge >= 0.3 is 6.03 Å². The zero-order chi connectivity index (χ0) is 29.7. The predicted octanol–water partition coefficient (Wildman–Crippen LogP) is 6.55. The normalized spacial score (nSPS) is 27.0. The molecular weight excluding hydrogens is 547 g/mol. The first kappa shape index (κ1) is 27.4. The number of rotatable bonds is 7. The lowest BCUT2D eigenvalue weighted by molar-refractivity contribution is -0.122. The molecular formula is C35H33FN2O5. The Morgan fingerprint density at radius 3 is 2.16 bits per heavy atom. The summed E-state index contributed by atoms with van der Waals surface area (Å²) in [6.07, 6.45) is 9.20. The molecule has 43 heavy (non-hydrogen) atoms. The molecule has 0 radical (unpaired) electrons. The van der Waals surface area contributed by atoms with Gasteiger partial charge in [0.15, 0.2) is 11.5 Å². The smallest absolute Gasteiger partial charge is 0.335 e. The highest BCUT2D eigenvalue weighted by Crippen LogP contribution is 2.60. The number of barbiturate groups is 1. The molecule has 1 aliphatic heterocycles. The zero-order valence-electron chi connectivity index (χ0n) is 24.0. The molecule has 1 heterocycles. The Hall–Kier alpha value is -4.46. The average Bonchev–Trinajstić information content (AvgIpc) is 2.99. The number of ether oxygens (including phenoxy) is 2. The van der Waals surface area contributed by atoms with E-state index in [-0.39, 0.29) is 23.4 Å². The van der Waals surface area contributed by atoms with E-state index in [4.69, 9.17) is 9.47 Å². The Morgan fingerprint density at radius 1 is 0.884 bits per heavy atom. The van der Waals surface area contributed by atoms with Gasteiger partial charge in [0.2, 0.25) is 0 Å². The minimum absolute atomic E-state index is 0.160. The summed E-state index contributed by atoms with van der Waals surface area (Å²) in [5, 5.41) is 2.31. The fourth-order valence-electron chi connectivity index (χ4n) is 8.12. The monoisotopic (exact) mass is 580 g/mol. The molecule has 4 saturated carbocycles. The van der Waals surface area contributed by atoms with Gasteiger partial charge in [0.25, 0.3) is 11.8 Å². The number of halogens is 1. The fourth-order valence-corrected chi connectivity index (χ4v) is 8.12. The largest absolute Gasteiger partial charge is 0.493 e. The van der Waals surface area contributed by atoms with Gasteiger partial charge in [0, 0.05) is 0 Å². The number of urea groups is 1. The molecule has 7 nitrogen and oxygen atoms in total. The number of methoxy groups -OCH3 is 1. The predicted molar refractivity (Wildman–Crippen MR) is 159 cm³/mol. The summed E-state index contributed by atoms with van der Waals surface area (Å²) in [6.45, 7) is 0.205. The summed E-state index contributed by atoms with van der Waals surface area (Å²) < 4.78 is 24.5. The minimum Gasteiger partial charge on any atom is -0.493 e. The van der Waals surface area contributed by atoms with Crippen LogP contribution in [0.4, 0.5) is 14.9 Å². The average molecular weight is 581 g/mol. The van der Waals surface area contributed by atoms with Crippen LogP contribution in [0.1, 0.15) is 55.2 Å². The van der Waals surface area contributed by atoms with Crippen molar-refractivity contribution >= 4 is 29.6 Å². The standard InChI is InChI=1S/C35H33FN2O5/c1-42-31-16-22(4-11-30(31)43-20-21-2-7-27(36)8-3-21)15-29-32(39)37-34(41)38(33(29)40)28-9-5-26(6-10-28)35-17-23-12-24(18-35)14-25(13-23)19-35/h2-11,15-16,23-25H,12-14,17-20H2,1H3,(H,37,39,41)/b29-15+. The van der Waals surface area contributed by atoms with E-state index < -0.39 is 17.8 Å². The maximum atomic E-state index is 13.6. The van der Waals surface area contributed by atoms with Crippen LogP contribution in [-0.4, -0.2) is 25.0 Å². The van der Waals surface area contributed by atoms with Crippen molar-refractivity contribution in [2.24, 2.45) is 17.8 Å². The topological polar surface area (TPSA) is 84.9 Å². The number of hydrogen-bond acceptors (Lipinski definition) is 5. The van der Waals surface area contributed by atoms with E-state index >= 15 is 0 Å². The van der Waals surface area contributed by atoms with Crippen molar-refractivity contribution in [2.75, 3.05) is 12.0 Å². The van der Waals surface area contributed by atoms with Crippen molar-refractivity contribution < 1.29 is 28.2 Å². The number of amides is 4. The van der Waals surface area contributed by atoms with Gasteiger partial charge in [-0.25, -0.2) is 14.1 Å². The number of nitrogens with zero attached hydrogens (tertiary/aromatic N) is 1. The summed E-state index contributed by atoms with van der Waals surface area (Å²) >= 11 is 0. The second-order valence-electron chi connectivity index (χ2n) is 12.5. The van der Waals surface area contributed by atoms with Crippen molar-refractivity contribution in [1.82, 2.24) is 5.32 Å². The van der Waals surface area contributed by atoms with Crippen LogP contribution in [0.15, 0.2) is 72.3 Å². The molecule has 0 unspecified atom stereocenters. The highest BCUT2D eigenvalue weighted by molar-refractivity contribution is 6.39. The van der Waals surface area contributed by atoms with E-state index in [9.17, 15) is 18.8 Å². The van der Waals surface area contributed by atoms with Crippen molar-refractivity contribution in [3.63, 3.8) is 0 Å². The first-order valence-electron chi connectivity index (χ1n) is 14.9. The molecule has 4 bridgehead atoms. The molecule has 0 aromatic heterocycles. The third-order valence-corrected chi connectivity index (χ3v) is 9.68. The van der Waals surface area contributed by atoms with Crippen LogP contribution in [0.2, 0.25) is 0 Å². The Balaban J connectivity index is 1.10. The molecule has 3 aromatic carbocycles. The van der Waals surface area contributed by atoms with Crippen molar-refractivity contribution in [2.45, 2.75) is 50.5 Å². The van der Waals surface area contributed by atoms with Gasteiger partial charge < -0.3 is 9.47 Å². The number of hydrogen-bond donors (Lipinski definition) is 1. The lowest BCUT2D eigenvalue weighted by Gasteiger charge is -2.57. The summed E-state index contributed by atoms with van der Waals surface area (Å²) in [5.74, 6) is 1.51. The molecule has 4 amide bonds. The van der Waals surface area contributed by atoms with Crippen molar-refractivity contribution in [3.05, 3.63) is 94.8 Å². The number of benzene rings is 3. The van der Waals surface area contributed by atoms with Gasteiger partial charge in [0.1, 0.15) is 18.0 Å². The third kappa shape index (κ3) is 5.09. The van der Waals surface area contributed by atoms with Gasteiger partial charge in [-0.2, -0.15) is 0 Å². The highest BCUT2D eigenvalue weighted by atomic mass is 19.1. The van der Waals surface area contributed by atoms with E-state index in [0.29, 0.717) is 22.7 Å². The van der Waals surface area contributed by atoms with Crippen LogP contribution in [0.3, 0.4) is 0 Å². The van der Waals surface area contributed by atoms with Crippen LogP contribution in [-0.2, 0) is 21.6 Å². The molecule has 220 valence electrons. The van der Waals surface area contributed by atoms with Crippen LogP contribution < -0.4 is 19.7 Å². The number of nitrogens with one attached hydrogen (secondary N) is 1. The minimum atomic E-state index is -0.767. The Labute approximate surface area is 249 Å². The Kier molecular flexibility index (Phi) is 6.79. The zero-order valence-corrected chi connectivity index (χ0v) is 24.0. The number of carbonyl (C=O) groups excluding carboxylic acids is 3. The first-order chi connectivity index (χ1) is 20.8. The van der Waals surface area contributed by atoms with Gasteiger partial charge in [-0.3, -0.25) is 14.9 Å². The summed E-state index contributed by atoms with van der Waals surface area (Å²) in [7, 11) is 1.49. The Bertz CT molecular complexity index is 1590. The van der Waals surface area contributed by atoms with Gasteiger partial charge in [-0.15, -0.1) is 0 Å². The van der Waals surface area contributed by atoms with E-state index in [1.807, 2.05) is 12.1 Å². The fraction of sp³-hybridized carbons (Fsp3) is 0.343. The van der Waals surface area contributed by atoms with E-state index in [2.05, 4.69) is 17.4 Å². The van der Waals surface area contributed by atoms with Crippen LogP contribution in [0, 0.1) is 23.6 Å². The quantitative estimate of drug-likeness (QED) is 0.253. The molecule has 5 fully saturated rings. The summed E-state index contributed by atoms with van der Waals surface area (Å²) in [5.41, 5.74) is 3.08. The van der Waals surface area contributed by atoms with E-state index in [0.717, 1.165) is 28.2 Å². The van der Waals surface area contributed by atoms with Crippen LogP contribution >= 0.6 is 0 Å². The first-order valence-corrected chi connectivity index (χ1v) is 14.9. The molecule has 0 atom stereocenters. The van der Waals surface area contributed by atoms with Crippen LogP contribution in [0.25, 0.3) is 6.08 Å². The van der Waals surface area contributed by atoms with Gasteiger partial charge in [-0.05, 0) is 121 Å². The molecule has 5 aliphatic rings. The lowest BCUT2D eigenvalue weighted by atomic mass is 9.48. The summed E-state index contributed by atoms with van der Waals surface area (Å²) in [6, 6.07) is 18.0. The van der Waals surface area contributed by atoms with Crippen LogP contribution in [0.5, 0.6) is 11.5 Å². The lowest BCUT2D eigenvalue weighted by Crippen LogP contribution is -2.54. The molecule has 8 rings (SSSR count). The number of imide groups is 2. The number of anilines is 1. The molecule has 4 aliphatic carbocycles. The summed E-state index contributed by atoms with van der Waals surface area (Å²) in [4.78, 5) is 40.2. The highest BCUT2D eigenvalue weighted by Gasteiger charge is 2.51. The van der Waals surface area contributed by atoms with E-state index in [1.165, 1.54) is 69.4 Å². The SMILES string of the molecule is COc1cc(/C=C2\C(=O)NC(=O)N(c3ccc(C45CC6CC(CC(C6)C4)C5)cc3)C2=O)ccc1OCc1ccc(F)cc1. The van der Waals surface area contributed by atoms with Gasteiger partial charge in [-0.1, -0.05) is 30.3 Å². The maximum Gasteiger partial charge on any atom is 0.335 e. The van der Waals surface area contributed by atoms with Crippen molar-refractivity contribution in [3.8, 4) is 11.5 Å². The molecule has 1 saturated heterocycles. The molecule has 8 heteroatoms. The maximum absolute atomic E-state index is 13.6. The molecule has 1 N–H and O–H groups in total.